The summed E-state index contributed by atoms with van der Waals surface area (Å²) in [4.78, 5) is 11.7. The number of esters is 1. The van der Waals surface area contributed by atoms with Crippen molar-refractivity contribution in [3.63, 3.8) is 0 Å². The summed E-state index contributed by atoms with van der Waals surface area (Å²) in [7, 11) is 1.34. The molecule has 5 nitrogen and oxygen atoms in total. The van der Waals surface area contributed by atoms with E-state index in [0.29, 0.717) is 35.7 Å². The van der Waals surface area contributed by atoms with Gasteiger partial charge in [0.05, 0.1) is 25.7 Å². The first-order chi connectivity index (χ1) is 20.7. The molecule has 9 heteroatoms. The highest BCUT2D eigenvalue weighted by Crippen LogP contribution is 2.47. The summed E-state index contributed by atoms with van der Waals surface area (Å²) in [5, 5.41) is 0. The van der Waals surface area contributed by atoms with Crippen molar-refractivity contribution in [2.45, 2.75) is 44.1 Å². The Balaban J connectivity index is 1.27. The van der Waals surface area contributed by atoms with Gasteiger partial charge in [-0.3, -0.25) is 4.79 Å². The third kappa shape index (κ3) is 5.89. The van der Waals surface area contributed by atoms with Gasteiger partial charge in [0, 0.05) is 34.7 Å². The molecule has 0 amide bonds. The Kier molecular flexibility index (Phi) is 7.73. The Morgan fingerprint density at radius 1 is 0.953 bits per heavy atom. The first-order valence-corrected chi connectivity index (χ1v) is 13.9. The van der Waals surface area contributed by atoms with Gasteiger partial charge in [-0.25, -0.2) is 4.39 Å². The standard InChI is InChI=1S/C34H28F4O5/c1-40-32(39)15-21-19-42-31-17-23(8-9-24(21)31)43-30-14-12-26-25(30)11-13-28(34(36,37)38)33(26)27-10-7-22(16-29(27)35)41-18-20-5-3-2-4-6-20/h2-11,13,16-17,21,30H,12,14-15,18-19H2,1H3. The molecule has 1 aliphatic heterocycles. The number of fused-ring (bicyclic) bond motifs is 2. The number of hydrogen-bond acceptors (Lipinski definition) is 5. The van der Waals surface area contributed by atoms with Crippen LogP contribution in [0.4, 0.5) is 17.6 Å². The zero-order valence-electron chi connectivity index (χ0n) is 23.2. The van der Waals surface area contributed by atoms with E-state index >= 15 is 4.39 Å². The van der Waals surface area contributed by atoms with Crippen LogP contribution in [0.15, 0.2) is 78.9 Å². The fourth-order valence-electron chi connectivity index (χ4n) is 5.81. The van der Waals surface area contributed by atoms with Crippen LogP contribution in [-0.4, -0.2) is 19.7 Å². The summed E-state index contributed by atoms with van der Waals surface area (Å²) >= 11 is 0. The lowest BCUT2D eigenvalue weighted by molar-refractivity contribution is -0.141. The van der Waals surface area contributed by atoms with E-state index in [9.17, 15) is 18.0 Å². The molecule has 43 heavy (non-hydrogen) atoms. The van der Waals surface area contributed by atoms with Crippen molar-refractivity contribution in [3.8, 4) is 28.4 Å². The minimum atomic E-state index is -4.68. The van der Waals surface area contributed by atoms with Crippen molar-refractivity contribution < 1.29 is 41.3 Å². The minimum absolute atomic E-state index is 0.128. The molecule has 6 rings (SSSR count). The Bertz CT molecular complexity index is 1650. The molecule has 0 fully saturated rings. The summed E-state index contributed by atoms with van der Waals surface area (Å²) in [5.74, 6) is 0.0460. The van der Waals surface area contributed by atoms with E-state index < -0.39 is 23.7 Å². The number of carbonyl (C=O) groups is 1. The molecule has 0 saturated carbocycles. The van der Waals surface area contributed by atoms with Crippen LogP contribution < -0.4 is 14.2 Å². The summed E-state index contributed by atoms with van der Waals surface area (Å²) < 4.78 is 80.5. The molecule has 1 aliphatic carbocycles. The number of halogens is 4. The largest absolute Gasteiger partial charge is 0.492 e. The Morgan fingerprint density at radius 2 is 1.72 bits per heavy atom. The molecule has 0 N–H and O–H groups in total. The number of ether oxygens (including phenoxy) is 4. The highest BCUT2D eigenvalue weighted by atomic mass is 19.4. The molecule has 4 aromatic carbocycles. The smallest absolute Gasteiger partial charge is 0.417 e. The van der Waals surface area contributed by atoms with Gasteiger partial charge in [0.25, 0.3) is 0 Å². The van der Waals surface area contributed by atoms with Crippen molar-refractivity contribution in [1.29, 1.82) is 0 Å². The predicted molar refractivity (Wildman–Crippen MR) is 151 cm³/mol. The summed E-state index contributed by atoms with van der Waals surface area (Å²) in [6.07, 6.45) is -4.31. The van der Waals surface area contributed by atoms with Crippen LogP contribution in [0.25, 0.3) is 11.1 Å². The monoisotopic (exact) mass is 592 g/mol. The lowest BCUT2D eigenvalue weighted by Gasteiger charge is -2.20. The normalized spacial score (nSPS) is 17.1. The highest BCUT2D eigenvalue weighted by molar-refractivity contribution is 5.75. The maximum absolute atomic E-state index is 15.5. The zero-order valence-corrected chi connectivity index (χ0v) is 23.2. The third-order valence-corrected chi connectivity index (χ3v) is 7.90. The molecule has 222 valence electrons. The maximum atomic E-state index is 15.5. The Morgan fingerprint density at radius 3 is 2.47 bits per heavy atom. The SMILES string of the molecule is COC(=O)CC1COc2cc(OC3CCc4c3ccc(C(F)(F)F)c4-c3ccc(OCc4ccccc4)cc3F)ccc21. The topological polar surface area (TPSA) is 54.0 Å². The summed E-state index contributed by atoms with van der Waals surface area (Å²) in [6, 6.07) is 21.0. The predicted octanol–water partition coefficient (Wildman–Crippen LogP) is 8.20. The molecular weight excluding hydrogens is 564 g/mol. The number of rotatable bonds is 8. The molecule has 0 saturated heterocycles. The van der Waals surface area contributed by atoms with Crippen molar-refractivity contribution in [1.82, 2.24) is 0 Å². The van der Waals surface area contributed by atoms with Gasteiger partial charge in [-0.15, -0.1) is 0 Å². The number of hydrogen-bond donors (Lipinski definition) is 0. The van der Waals surface area contributed by atoms with Crippen molar-refractivity contribution in [2.75, 3.05) is 13.7 Å². The molecule has 2 unspecified atom stereocenters. The third-order valence-electron chi connectivity index (χ3n) is 7.90. The van der Waals surface area contributed by atoms with Crippen LogP contribution in [0.5, 0.6) is 17.2 Å². The molecule has 0 aromatic heterocycles. The van der Waals surface area contributed by atoms with Crippen molar-refractivity contribution >= 4 is 5.97 Å². The van der Waals surface area contributed by atoms with Gasteiger partial charge in [-0.2, -0.15) is 13.2 Å². The van der Waals surface area contributed by atoms with E-state index in [1.54, 1.807) is 12.1 Å². The van der Waals surface area contributed by atoms with E-state index in [-0.39, 0.29) is 48.2 Å². The molecule has 2 atom stereocenters. The Hall–Kier alpha value is -4.53. The fraction of sp³-hybridized carbons (Fsp3) is 0.265. The number of benzene rings is 4. The number of carbonyl (C=O) groups excluding carboxylic acids is 1. The number of alkyl halides is 3. The Labute approximate surface area is 246 Å². The van der Waals surface area contributed by atoms with E-state index in [2.05, 4.69) is 0 Å². The van der Waals surface area contributed by atoms with E-state index in [4.69, 9.17) is 18.9 Å². The molecule has 4 aromatic rings. The molecular formula is C34H28F4O5. The van der Waals surface area contributed by atoms with Crippen LogP contribution in [0.2, 0.25) is 0 Å². The van der Waals surface area contributed by atoms with Crippen molar-refractivity contribution in [2.24, 2.45) is 0 Å². The van der Waals surface area contributed by atoms with Gasteiger partial charge in [0.1, 0.15) is 35.8 Å². The lowest BCUT2D eigenvalue weighted by atomic mass is 9.91. The molecule has 0 spiro atoms. The lowest BCUT2D eigenvalue weighted by Crippen LogP contribution is -2.11. The quantitative estimate of drug-likeness (QED) is 0.153. The second-order valence-corrected chi connectivity index (χ2v) is 10.6. The maximum Gasteiger partial charge on any atom is 0.417 e. The highest BCUT2D eigenvalue weighted by Gasteiger charge is 2.39. The summed E-state index contributed by atoms with van der Waals surface area (Å²) in [5.41, 5.74) is 1.53. The molecule has 0 radical (unpaired) electrons. The van der Waals surface area contributed by atoms with Crippen molar-refractivity contribution in [3.05, 3.63) is 112 Å². The van der Waals surface area contributed by atoms with Gasteiger partial charge in [0.15, 0.2) is 0 Å². The second-order valence-electron chi connectivity index (χ2n) is 10.6. The van der Waals surface area contributed by atoms with Crippen LogP contribution in [0.3, 0.4) is 0 Å². The minimum Gasteiger partial charge on any atom is -0.492 e. The molecule has 1 heterocycles. The molecule has 2 aliphatic rings. The van der Waals surface area contributed by atoms with E-state index in [0.717, 1.165) is 23.3 Å². The van der Waals surface area contributed by atoms with Crippen LogP contribution in [0.1, 0.15) is 52.7 Å². The first kappa shape index (κ1) is 28.6. The van der Waals surface area contributed by atoms with E-state index in [1.807, 2.05) is 36.4 Å². The fourth-order valence-corrected chi connectivity index (χ4v) is 5.81. The molecule has 0 bridgehead atoms. The van der Waals surface area contributed by atoms with Gasteiger partial charge < -0.3 is 18.9 Å². The first-order valence-electron chi connectivity index (χ1n) is 13.9. The average Bonchev–Trinajstić information content (AvgIpc) is 3.59. The average molecular weight is 593 g/mol. The number of methoxy groups -OCH3 is 1. The van der Waals surface area contributed by atoms with Gasteiger partial charge >= 0.3 is 12.1 Å². The van der Waals surface area contributed by atoms with E-state index in [1.165, 1.54) is 25.3 Å². The van der Waals surface area contributed by atoms with Gasteiger partial charge in [-0.1, -0.05) is 42.5 Å². The summed E-state index contributed by atoms with van der Waals surface area (Å²) in [6.45, 7) is 0.540. The van der Waals surface area contributed by atoms with Gasteiger partial charge in [0.2, 0.25) is 0 Å². The van der Waals surface area contributed by atoms with Crippen LogP contribution in [-0.2, 0) is 28.7 Å². The van der Waals surface area contributed by atoms with Crippen LogP contribution >= 0.6 is 0 Å². The zero-order chi connectivity index (χ0) is 30.1. The van der Waals surface area contributed by atoms with Gasteiger partial charge in [-0.05, 0) is 53.8 Å². The van der Waals surface area contributed by atoms with Crippen LogP contribution in [0, 0.1) is 5.82 Å². The second kappa shape index (κ2) is 11.6.